The third kappa shape index (κ3) is 12.9. The van der Waals surface area contributed by atoms with Gasteiger partial charge in [0.1, 0.15) is 13.2 Å². The van der Waals surface area contributed by atoms with E-state index in [4.69, 9.17) is 9.47 Å². The Hall–Kier alpha value is -2.06. The average Bonchev–Trinajstić information content (AvgIpc) is 3.46. The maximum absolute atomic E-state index is 11.5. The minimum Gasteiger partial charge on any atom is -0.576 e. The molecule has 0 bridgehead atoms. The van der Waals surface area contributed by atoms with Gasteiger partial charge < -0.3 is 48.6 Å². The first-order valence-corrected chi connectivity index (χ1v) is 16.6. The molecule has 2 radical (unpaired) electrons. The Kier molecular flexibility index (Phi) is 21.7. The van der Waals surface area contributed by atoms with Crippen molar-refractivity contribution in [3.63, 3.8) is 0 Å². The molecule has 2 aliphatic heterocycles. The van der Waals surface area contributed by atoms with E-state index in [-0.39, 0.29) is 76.5 Å². The fourth-order valence-electron chi connectivity index (χ4n) is 4.27. The van der Waals surface area contributed by atoms with Gasteiger partial charge in [-0.15, -0.1) is 11.4 Å². The Bertz CT molecular complexity index is 1490. The Morgan fingerprint density at radius 2 is 0.891 bits per heavy atom. The molecule has 46 heavy (non-hydrogen) atoms. The number of hydrogen-bond donors (Lipinski definition) is 0. The Morgan fingerprint density at radius 1 is 0.609 bits per heavy atom. The normalized spacial score (nSPS) is 16.2. The summed E-state index contributed by atoms with van der Waals surface area (Å²) in [5.41, 5.74) is 8.05. The van der Waals surface area contributed by atoms with E-state index in [9.17, 15) is 16.8 Å². The molecule has 0 aromatic heterocycles. The van der Waals surface area contributed by atoms with E-state index >= 15 is 0 Å². The second-order valence-corrected chi connectivity index (χ2v) is 13.8. The number of rotatable bonds is 6. The zero-order chi connectivity index (χ0) is 30.2. The molecule has 0 amide bonds. The number of hydrogen-bond acceptors (Lipinski definition) is 8. The van der Waals surface area contributed by atoms with Gasteiger partial charge in [0.25, 0.3) is 0 Å². The van der Waals surface area contributed by atoms with Crippen LogP contribution in [-0.4, -0.2) is 66.4 Å². The molecule has 2 atom stereocenters. The van der Waals surface area contributed by atoms with Gasteiger partial charge in [-0.3, -0.25) is 0 Å². The number of sulfonamides is 2. The smallest absolute Gasteiger partial charge is 0.576 e. The van der Waals surface area contributed by atoms with Gasteiger partial charge in [0.15, 0.2) is 0 Å². The summed E-state index contributed by atoms with van der Waals surface area (Å²) >= 11 is 0. The molecular formula is C32H50Cr2N4O6S2. The fraction of sp³-hybridized carbons (Fsp3) is 0.438. The van der Waals surface area contributed by atoms with Gasteiger partial charge in [0, 0.05) is 23.6 Å². The van der Waals surface area contributed by atoms with E-state index in [1.807, 2.05) is 67.5 Å². The maximum atomic E-state index is 11.5. The van der Waals surface area contributed by atoms with Crippen LogP contribution in [0.4, 0.5) is 11.4 Å². The van der Waals surface area contributed by atoms with Crippen LogP contribution < -0.4 is 0 Å². The van der Waals surface area contributed by atoms with Crippen LogP contribution >= 0.6 is 0 Å². The van der Waals surface area contributed by atoms with Crippen molar-refractivity contribution >= 4 is 43.2 Å². The fourth-order valence-corrected chi connectivity index (χ4v) is 5.41. The zero-order valence-electron chi connectivity index (χ0n) is 29.6. The molecule has 2 aliphatic rings. The summed E-state index contributed by atoms with van der Waals surface area (Å²) in [7, 11) is -6.96. The summed E-state index contributed by atoms with van der Waals surface area (Å²) < 4.78 is 65.0. The van der Waals surface area contributed by atoms with E-state index in [1.165, 1.54) is 0 Å². The molecule has 0 fully saturated rings. The second kappa shape index (κ2) is 19.7. The van der Waals surface area contributed by atoms with Crippen molar-refractivity contribution in [2.75, 3.05) is 25.7 Å². The molecule has 4 rings (SSSR count). The standard InChI is InChI=1S/2C14H19N2O3S.4CH3.2Cr/c2*1-8-6-12(14-15-9(2)7-19-14)13(11(4)10(8)3)16-20(5,17)18;;;;;;/h2*6,9H,7H2,1-5H3;4*1H3;;/q6*-1;2*+3/t2*9-;;;;;;/m10....../s1. The molecule has 10 nitrogen and oxygen atoms in total. The summed E-state index contributed by atoms with van der Waals surface area (Å²) in [6.07, 6.45) is 2.18. The number of nitrogens with zero attached hydrogens (tertiary/aromatic N) is 4. The van der Waals surface area contributed by atoms with Crippen LogP contribution in [0.1, 0.15) is 58.4 Å². The predicted octanol–water partition coefficient (Wildman–Crippen LogP) is 7.28. The topological polar surface area (TPSA) is 140 Å². The van der Waals surface area contributed by atoms with Crippen molar-refractivity contribution in [1.29, 1.82) is 0 Å². The van der Waals surface area contributed by atoms with Gasteiger partial charge in [0.05, 0.1) is 32.1 Å². The van der Waals surface area contributed by atoms with Gasteiger partial charge in [-0.25, -0.2) is 26.8 Å². The first-order chi connectivity index (χ1) is 18.4. The van der Waals surface area contributed by atoms with Gasteiger partial charge >= 0.3 is 34.7 Å². The van der Waals surface area contributed by atoms with Crippen molar-refractivity contribution in [2.45, 2.75) is 67.5 Å². The van der Waals surface area contributed by atoms with Gasteiger partial charge in [0.2, 0.25) is 11.8 Å². The molecule has 0 unspecified atom stereocenters. The molecule has 2 aromatic carbocycles. The zero-order valence-corrected chi connectivity index (χ0v) is 33.8. The number of aliphatic imine (C=N–C) groups is 2. The molecule has 2 heterocycles. The number of ether oxygens (including phenoxy) is 2. The van der Waals surface area contributed by atoms with Crippen LogP contribution in [0.15, 0.2) is 22.1 Å². The minimum absolute atomic E-state index is 0. The maximum Gasteiger partial charge on any atom is 3.00 e. The van der Waals surface area contributed by atoms with E-state index in [0.29, 0.717) is 47.5 Å². The molecule has 0 N–H and O–H groups in total. The molecular weight excluding hydrogens is 705 g/mol. The summed E-state index contributed by atoms with van der Waals surface area (Å²) in [5.74, 6) is 0.956. The van der Waals surface area contributed by atoms with Crippen molar-refractivity contribution in [1.82, 2.24) is 0 Å². The monoisotopic (exact) mass is 754 g/mol. The second-order valence-electron chi connectivity index (χ2n) is 10.5. The van der Waals surface area contributed by atoms with Crippen molar-refractivity contribution in [3.05, 3.63) is 95.8 Å². The summed E-state index contributed by atoms with van der Waals surface area (Å²) in [6.45, 7) is 16.5. The van der Waals surface area contributed by atoms with Crippen LogP contribution in [0.5, 0.6) is 0 Å². The third-order valence-corrected chi connectivity index (χ3v) is 7.85. The van der Waals surface area contributed by atoms with Crippen molar-refractivity contribution < 1.29 is 61.0 Å². The molecule has 0 aliphatic carbocycles. The van der Waals surface area contributed by atoms with E-state index in [2.05, 4.69) is 19.4 Å². The summed E-state index contributed by atoms with van der Waals surface area (Å²) in [4.78, 5) is 8.80. The van der Waals surface area contributed by atoms with E-state index in [1.54, 1.807) is 0 Å². The van der Waals surface area contributed by atoms with Crippen LogP contribution in [-0.2, 0) is 64.2 Å². The molecule has 0 spiro atoms. The van der Waals surface area contributed by atoms with Crippen LogP contribution in [0, 0.1) is 71.2 Å². The Balaban J connectivity index is -0.000000339. The number of aryl methyl sites for hydroxylation is 2. The Morgan fingerprint density at radius 3 is 1.11 bits per heavy atom. The Labute approximate surface area is 301 Å². The van der Waals surface area contributed by atoms with Crippen LogP contribution in [0.2, 0.25) is 0 Å². The third-order valence-electron chi connectivity index (χ3n) is 6.82. The average molecular weight is 755 g/mol. The quantitative estimate of drug-likeness (QED) is 0.284. The first kappa shape index (κ1) is 50.8. The van der Waals surface area contributed by atoms with E-state index < -0.39 is 20.0 Å². The van der Waals surface area contributed by atoms with Crippen molar-refractivity contribution in [2.24, 2.45) is 9.98 Å². The van der Waals surface area contributed by atoms with Gasteiger partial charge in [-0.1, -0.05) is 11.1 Å². The largest absolute Gasteiger partial charge is 3.00 e. The van der Waals surface area contributed by atoms with Crippen molar-refractivity contribution in [3.8, 4) is 0 Å². The van der Waals surface area contributed by atoms with Crippen LogP contribution in [0.25, 0.3) is 9.44 Å². The van der Waals surface area contributed by atoms with Crippen LogP contribution in [0.3, 0.4) is 0 Å². The minimum atomic E-state index is -3.48. The molecule has 0 saturated carbocycles. The molecule has 0 saturated heterocycles. The number of benzene rings is 2. The first-order valence-electron chi connectivity index (χ1n) is 12.9. The van der Waals surface area contributed by atoms with Gasteiger partial charge in [-0.05, 0) is 89.8 Å². The summed E-state index contributed by atoms with van der Waals surface area (Å²) in [5, 5.41) is 0. The summed E-state index contributed by atoms with van der Waals surface area (Å²) in [6, 6.07) is 3.95. The SMILES string of the molecule is Cc1cc(C2=N[C@@H](C)CO2)c([N-]S(C)(=O)=O)c(C)c1C.Cc1cc(C2=N[C@H](C)CO2)c([N-]S(C)(=O)=O)c(C)c1C.[CH3-].[CH3-].[CH3-].[CH3-].[Cr+3].[Cr+3]. The predicted molar refractivity (Wildman–Crippen MR) is 187 cm³/mol. The van der Waals surface area contributed by atoms with E-state index in [0.717, 1.165) is 45.9 Å². The van der Waals surface area contributed by atoms with Gasteiger partial charge in [-0.2, -0.15) is 0 Å². The molecule has 14 heteroatoms. The molecule has 258 valence electrons. The molecule has 2 aromatic rings.